The van der Waals surface area contributed by atoms with Crippen molar-refractivity contribution < 1.29 is 63.5 Å². The van der Waals surface area contributed by atoms with Crippen molar-refractivity contribution in [1.82, 2.24) is 0 Å². The van der Waals surface area contributed by atoms with Gasteiger partial charge in [0.15, 0.2) is 10.1 Å². The van der Waals surface area contributed by atoms with Gasteiger partial charge in [-0.2, -0.15) is 22.0 Å². The standard InChI is InChI=1S/C16H15F5O9S/c1-4(2)11(22)28-9-6-3-5-7(12(23)29-10(5)9)8(6)13(24)30-14(15(17,18)19)16(20,21)31(25,26)27/h5-10,14H,1,3H2,2H3,(H,25,26,27)/p-1. The van der Waals surface area contributed by atoms with E-state index in [4.69, 9.17) is 9.47 Å². The van der Waals surface area contributed by atoms with Gasteiger partial charge in [0.25, 0.3) is 6.10 Å². The number of esters is 3. The Morgan fingerprint density at radius 1 is 1.23 bits per heavy atom. The highest BCUT2D eigenvalue weighted by Crippen LogP contribution is 2.59. The van der Waals surface area contributed by atoms with Gasteiger partial charge in [0, 0.05) is 17.4 Å². The summed E-state index contributed by atoms with van der Waals surface area (Å²) in [4.78, 5) is 36.4. The lowest BCUT2D eigenvalue weighted by molar-refractivity contribution is -0.262. The van der Waals surface area contributed by atoms with E-state index in [9.17, 15) is 49.3 Å². The summed E-state index contributed by atoms with van der Waals surface area (Å²) in [6.07, 6.45) is -13.0. The summed E-state index contributed by atoms with van der Waals surface area (Å²) in [6, 6.07) is 0. The molecule has 3 aliphatic rings. The quantitative estimate of drug-likeness (QED) is 0.180. The van der Waals surface area contributed by atoms with E-state index in [2.05, 4.69) is 11.3 Å². The fourth-order valence-electron chi connectivity index (χ4n) is 4.34. The van der Waals surface area contributed by atoms with Crippen LogP contribution in [0.2, 0.25) is 0 Å². The Morgan fingerprint density at radius 3 is 2.29 bits per heavy atom. The van der Waals surface area contributed by atoms with Crippen molar-refractivity contribution in [1.29, 1.82) is 0 Å². The monoisotopic (exact) mass is 477 g/mol. The molecule has 174 valence electrons. The van der Waals surface area contributed by atoms with Gasteiger partial charge in [-0.3, -0.25) is 9.59 Å². The van der Waals surface area contributed by atoms with Gasteiger partial charge in [0.05, 0.1) is 11.8 Å². The number of halogens is 5. The number of rotatable bonds is 6. The van der Waals surface area contributed by atoms with Crippen molar-refractivity contribution in [3.8, 4) is 0 Å². The molecule has 0 aromatic carbocycles. The van der Waals surface area contributed by atoms with E-state index in [0.717, 1.165) is 0 Å². The predicted octanol–water partition coefficient (Wildman–Crippen LogP) is 0.894. The van der Waals surface area contributed by atoms with E-state index < -0.39 is 81.4 Å². The summed E-state index contributed by atoms with van der Waals surface area (Å²) in [7, 11) is -6.87. The first kappa shape index (κ1) is 23.4. The second-order valence-corrected chi connectivity index (χ2v) is 8.99. The van der Waals surface area contributed by atoms with E-state index >= 15 is 0 Å². The molecule has 0 radical (unpaired) electrons. The fraction of sp³-hybridized carbons (Fsp3) is 0.688. The largest absolute Gasteiger partial charge is 0.743 e. The predicted molar refractivity (Wildman–Crippen MR) is 83.7 cm³/mol. The molecule has 7 atom stereocenters. The first-order valence-corrected chi connectivity index (χ1v) is 10.1. The minimum Gasteiger partial charge on any atom is -0.743 e. The summed E-state index contributed by atoms with van der Waals surface area (Å²) in [6.45, 7) is 4.62. The second-order valence-electron chi connectivity index (χ2n) is 7.54. The maximum atomic E-state index is 13.7. The van der Waals surface area contributed by atoms with Gasteiger partial charge >= 0.3 is 29.3 Å². The molecular weight excluding hydrogens is 463 g/mol. The molecule has 1 saturated heterocycles. The lowest BCUT2D eigenvalue weighted by atomic mass is 9.78. The molecule has 15 heteroatoms. The molecule has 0 aromatic heterocycles. The van der Waals surface area contributed by atoms with Crippen LogP contribution in [0.3, 0.4) is 0 Å². The Kier molecular flexibility index (Phi) is 5.37. The average Bonchev–Trinajstić information content (AvgIpc) is 3.20. The summed E-state index contributed by atoms with van der Waals surface area (Å²) in [5.74, 6) is -8.97. The Bertz CT molecular complexity index is 944. The van der Waals surface area contributed by atoms with E-state index in [-0.39, 0.29) is 12.0 Å². The number of ether oxygens (including phenoxy) is 3. The molecule has 2 bridgehead atoms. The van der Waals surface area contributed by atoms with Crippen LogP contribution in [0.4, 0.5) is 22.0 Å². The topological polar surface area (TPSA) is 136 Å². The molecule has 0 amide bonds. The van der Waals surface area contributed by atoms with Crippen LogP contribution in [0.25, 0.3) is 0 Å². The molecule has 9 nitrogen and oxygen atoms in total. The number of carbonyl (C=O) groups is 3. The molecule has 31 heavy (non-hydrogen) atoms. The summed E-state index contributed by atoms with van der Waals surface area (Å²) in [5.41, 5.74) is -0.0693. The maximum Gasteiger partial charge on any atom is 0.432 e. The minimum absolute atomic E-state index is 0.0259. The van der Waals surface area contributed by atoms with Crippen LogP contribution in [0.15, 0.2) is 12.2 Å². The molecule has 0 N–H and O–H groups in total. The van der Waals surface area contributed by atoms with E-state index in [1.165, 1.54) is 6.92 Å². The lowest BCUT2D eigenvalue weighted by Crippen LogP contribution is -2.54. The normalized spacial score (nSPS) is 33.1. The third-order valence-corrected chi connectivity index (χ3v) is 6.46. The third-order valence-electron chi connectivity index (χ3n) is 5.58. The Balaban J connectivity index is 1.91. The zero-order chi connectivity index (χ0) is 23.7. The molecule has 0 aromatic rings. The SMILES string of the molecule is C=C(C)C(=O)OC1C2CC3C1OC(=O)C3C2C(=O)OC(C(F)(F)F)C(F)(F)S(=O)(=O)[O-]. The van der Waals surface area contributed by atoms with E-state index in [0.29, 0.717) is 0 Å². The zero-order valence-corrected chi connectivity index (χ0v) is 16.2. The van der Waals surface area contributed by atoms with Gasteiger partial charge in [0.1, 0.15) is 12.2 Å². The van der Waals surface area contributed by atoms with Gasteiger partial charge < -0.3 is 18.8 Å². The second kappa shape index (κ2) is 7.12. The van der Waals surface area contributed by atoms with Crippen LogP contribution in [-0.4, -0.2) is 60.6 Å². The van der Waals surface area contributed by atoms with Gasteiger partial charge in [-0.1, -0.05) is 6.58 Å². The molecule has 2 aliphatic carbocycles. The smallest absolute Gasteiger partial charge is 0.432 e. The lowest BCUT2D eigenvalue weighted by Gasteiger charge is -2.33. The minimum atomic E-state index is -6.87. The molecule has 7 unspecified atom stereocenters. The fourth-order valence-corrected chi connectivity index (χ4v) is 4.79. The van der Waals surface area contributed by atoms with Crippen molar-refractivity contribution in [2.45, 2.75) is 43.1 Å². The van der Waals surface area contributed by atoms with E-state index in [1.807, 2.05) is 0 Å². The van der Waals surface area contributed by atoms with Crippen LogP contribution < -0.4 is 0 Å². The molecule has 1 aliphatic heterocycles. The first-order valence-electron chi connectivity index (χ1n) is 8.66. The molecule has 3 fully saturated rings. The van der Waals surface area contributed by atoms with Crippen molar-refractivity contribution >= 4 is 28.0 Å². The molecular formula is C16H14F5O9S-. The van der Waals surface area contributed by atoms with Gasteiger partial charge in [-0.25, -0.2) is 13.2 Å². The average molecular weight is 477 g/mol. The van der Waals surface area contributed by atoms with Crippen molar-refractivity contribution in [3.63, 3.8) is 0 Å². The number of hydrogen-bond donors (Lipinski definition) is 0. The van der Waals surface area contributed by atoms with Crippen molar-refractivity contribution in [2.24, 2.45) is 23.7 Å². The van der Waals surface area contributed by atoms with E-state index in [1.54, 1.807) is 0 Å². The number of fused-ring (bicyclic) bond motifs is 1. The van der Waals surface area contributed by atoms with Gasteiger partial charge in [0.2, 0.25) is 0 Å². The zero-order valence-electron chi connectivity index (χ0n) is 15.4. The van der Waals surface area contributed by atoms with Crippen LogP contribution in [0.5, 0.6) is 0 Å². The van der Waals surface area contributed by atoms with Crippen LogP contribution in [0.1, 0.15) is 13.3 Å². The third kappa shape index (κ3) is 3.66. The Morgan fingerprint density at radius 2 is 1.81 bits per heavy atom. The first-order chi connectivity index (χ1) is 14.0. The molecule has 2 saturated carbocycles. The molecule has 1 heterocycles. The Labute approximate surface area is 171 Å². The number of hydrogen-bond acceptors (Lipinski definition) is 9. The highest BCUT2D eigenvalue weighted by atomic mass is 32.2. The number of carbonyl (C=O) groups excluding carboxylic acids is 3. The summed E-state index contributed by atoms with van der Waals surface area (Å²) in [5, 5.41) is -6.02. The highest BCUT2D eigenvalue weighted by Gasteiger charge is 2.71. The van der Waals surface area contributed by atoms with Crippen molar-refractivity contribution in [3.05, 3.63) is 12.2 Å². The van der Waals surface area contributed by atoms with Crippen LogP contribution in [0, 0.1) is 23.7 Å². The summed E-state index contributed by atoms with van der Waals surface area (Å²) < 4.78 is 112. The maximum absolute atomic E-state index is 13.7. The Hall–Kier alpha value is -2.29. The highest BCUT2D eigenvalue weighted by molar-refractivity contribution is 7.86. The van der Waals surface area contributed by atoms with Gasteiger partial charge in [-0.15, -0.1) is 0 Å². The van der Waals surface area contributed by atoms with Crippen molar-refractivity contribution in [2.75, 3.05) is 0 Å². The molecule has 0 spiro atoms. The number of alkyl halides is 5. The molecule has 3 rings (SSSR count). The van der Waals surface area contributed by atoms with Crippen LogP contribution >= 0.6 is 0 Å². The van der Waals surface area contributed by atoms with Crippen LogP contribution in [-0.2, 0) is 38.7 Å². The summed E-state index contributed by atoms with van der Waals surface area (Å²) >= 11 is 0. The van der Waals surface area contributed by atoms with Gasteiger partial charge in [-0.05, 0) is 13.3 Å².